The number of hydrogen-bond donors (Lipinski definition) is 0. The molecule has 0 N–H and O–H groups in total. The number of nitriles is 1. The van der Waals surface area contributed by atoms with E-state index in [1.165, 1.54) is 40.8 Å². The van der Waals surface area contributed by atoms with Crippen LogP contribution in [0.1, 0.15) is 15.2 Å². The molecule has 1 aliphatic rings. The molecule has 0 bridgehead atoms. The van der Waals surface area contributed by atoms with Gasteiger partial charge in [-0.25, -0.2) is 17.8 Å². The first-order valence-electron chi connectivity index (χ1n) is 9.40. The minimum atomic E-state index is -3.70. The molecule has 0 radical (unpaired) electrons. The van der Waals surface area contributed by atoms with Crippen molar-refractivity contribution < 1.29 is 17.6 Å². The number of hydrogen-bond acceptors (Lipinski definition) is 6. The Morgan fingerprint density at radius 2 is 1.74 bits per heavy atom. The highest BCUT2D eigenvalue weighted by Gasteiger charge is 2.31. The molecule has 1 aliphatic heterocycles. The predicted octanol–water partition coefficient (Wildman–Crippen LogP) is 2.97. The molecule has 0 aliphatic carbocycles. The molecule has 0 unspecified atom stereocenters. The summed E-state index contributed by atoms with van der Waals surface area (Å²) in [4.78, 5) is 19.1. The number of rotatable bonds is 4. The monoisotopic (exact) mass is 456 g/mol. The normalized spacial score (nSPS) is 14.9. The summed E-state index contributed by atoms with van der Waals surface area (Å²) in [6.45, 7) is 0.794. The van der Waals surface area contributed by atoms with Crippen LogP contribution in [0.5, 0.6) is 0 Å². The van der Waals surface area contributed by atoms with Crippen LogP contribution in [0.25, 0.3) is 10.6 Å². The van der Waals surface area contributed by atoms with Crippen LogP contribution in [0.2, 0.25) is 0 Å². The largest absolute Gasteiger partial charge is 0.335 e. The van der Waals surface area contributed by atoms with Gasteiger partial charge in [-0.3, -0.25) is 4.79 Å². The molecule has 0 saturated carbocycles. The minimum Gasteiger partial charge on any atom is -0.335 e. The quantitative estimate of drug-likeness (QED) is 0.602. The first kappa shape index (κ1) is 21.1. The second kappa shape index (κ2) is 8.55. The third-order valence-electron chi connectivity index (χ3n) is 4.97. The average Bonchev–Trinajstić information content (AvgIpc) is 3.29. The van der Waals surface area contributed by atoms with E-state index in [-0.39, 0.29) is 37.0 Å². The predicted molar refractivity (Wildman–Crippen MR) is 113 cm³/mol. The first-order valence-corrected chi connectivity index (χ1v) is 11.7. The summed E-state index contributed by atoms with van der Waals surface area (Å²) in [5.74, 6) is -0.659. The molecule has 158 valence electrons. The molecular formula is C21H17FN4O3S2. The number of carbonyl (C=O) groups excluding carboxylic acids is 1. The summed E-state index contributed by atoms with van der Waals surface area (Å²) < 4.78 is 40.9. The van der Waals surface area contributed by atoms with E-state index in [4.69, 9.17) is 5.26 Å². The number of aromatic nitrogens is 1. The van der Waals surface area contributed by atoms with Crippen molar-refractivity contribution in [1.82, 2.24) is 14.2 Å². The summed E-state index contributed by atoms with van der Waals surface area (Å²) in [7, 11) is -3.70. The van der Waals surface area contributed by atoms with Gasteiger partial charge < -0.3 is 4.90 Å². The molecule has 2 aromatic carbocycles. The molecule has 0 atom stereocenters. The number of benzene rings is 2. The molecule has 0 spiro atoms. The van der Waals surface area contributed by atoms with E-state index in [2.05, 4.69) is 4.98 Å². The van der Waals surface area contributed by atoms with Crippen molar-refractivity contribution in [2.45, 2.75) is 4.90 Å². The number of carbonyl (C=O) groups is 1. The summed E-state index contributed by atoms with van der Waals surface area (Å²) in [6, 6.07) is 13.9. The lowest BCUT2D eigenvalue weighted by atomic mass is 10.2. The van der Waals surface area contributed by atoms with Crippen molar-refractivity contribution in [1.29, 1.82) is 5.26 Å². The Labute approximate surface area is 183 Å². The van der Waals surface area contributed by atoms with E-state index in [0.717, 1.165) is 11.3 Å². The van der Waals surface area contributed by atoms with Crippen molar-refractivity contribution in [2.75, 3.05) is 26.2 Å². The van der Waals surface area contributed by atoms with E-state index in [1.54, 1.807) is 23.1 Å². The summed E-state index contributed by atoms with van der Waals surface area (Å²) in [5.41, 5.74) is 0.721. The van der Waals surface area contributed by atoms with Crippen LogP contribution in [-0.2, 0) is 10.0 Å². The smallest absolute Gasteiger partial charge is 0.265 e. The van der Waals surface area contributed by atoms with Gasteiger partial charge in [0.25, 0.3) is 5.91 Å². The zero-order valence-electron chi connectivity index (χ0n) is 16.2. The Balaban J connectivity index is 1.43. The van der Waals surface area contributed by atoms with Gasteiger partial charge in [-0.15, -0.1) is 11.3 Å². The standard InChI is InChI=1S/C21H17FN4O3S2/c22-18-4-2-1-3-17(18)20-24-14-19(30-20)21(27)25-9-11-26(12-10-25)31(28,29)16-7-5-15(13-23)6-8-16/h1-8,14H,9-12H2. The van der Waals surface area contributed by atoms with Crippen molar-refractivity contribution >= 4 is 27.3 Å². The minimum absolute atomic E-state index is 0.114. The number of sulfonamides is 1. The maximum absolute atomic E-state index is 14.0. The van der Waals surface area contributed by atoms with Crippen molar-refractivity contribution in [2.24, 2.45) is 0 Å². The Bertz CT molecular complexity index is 1260. The number of thiazole rings is 1. The van der Waals surface area contributed by atoms with Crippen molar-refractivity contribution in [3.8, 4) is 16.6 Å². The second-order valence-corrected chi connectivity index (χ2v) is 9.81. The first-order chi connectivity index (χ1) is 14.9. The topological polar surface area (TPSA) is 94.4 Å². The van der Waals surface area contributed by atoms with Gasteiger partial charge in [-0.1, -0.05) is 12.1 Å². The Kier molecular flexibility index (Phi) is 5.82. The molecule has 7 nitrogen and oxygen atoms in total. The fourth-order valence-electron chi connectivity index (χ4n) is 3.27. The molecule has 3 aromatic rings. The average molecular weight is 457 g/mol. The van der Waals surface area contributed by atoms with Gasteiger partial charge in [0.05, 0.1) is 22.7 Å². The fraction of sp³-hybridized carbons (Fsp3) is 0.190. The SMILES string of the molecule is N#Cc1ccc(S(=O)(=O)N2CCN(C(=O)c3cnc(-c4ccccc4F)s3)CC2)cc1. The lowest BCUT2D eigenvalue weighted by Crippen LogP contribution is -2.50. The molecule has 4 rings (SSSR count). The van der Waals surface area contributed by atoms with Crippen molar-refractivity contribution in [3.63, 3.8) is 0 Å². The van der Waals surface area contributed by atoms with Crippen LogP contribution in [0, 0.1) is 17.1 Å². The second-order valence-electron chi connectivity index (χ2n) is 6.84. The van der Waals surface area contributed by atoms with Gasteiger partial charge >= 0.3 is 0 Å². The Morgan fingerprint density at radius 3 is 2.39 bits per heavy atom. The zero-order chi connectivity index (χ0) is 22.0. The van der Waals surface area contributed by atoms with Gasteiger partial charge in [0.1, 0.15) is 15.7 Å². The van der Waals surface area contributed by atoms with E-state index in [1.807, 2.05) is 6.07 Å². The molecule has 1 saturated heterocycles. The van der Waals surface area contributed by atoms with Gasteiger partial charge in [-0.05, 0) is 36.4 Å². The van der Waals surface area contributed by atoms with Crippen molar-refractivity contribution in [3.05, 3.63) is 71.0 Å². The van der Waals surface area contributed by atoms with Crippen LogP contribution in [0.15, 0.2) is 59.6 Å². The molecule has 10 heteroatoms. The van der Waals surface area contributed by atoms with Crippen LogP contribution in [-0.4, -0.2) is 54.7 Å². The maximum atomic E-state index is 14.0. The number of halogens is 1. The zero-order valence-corrected chi connectivity index (χ0v) is 17.9. The number of piperazine rings is 1. The highest BCUT2D eigenvalue weighted by atomic mass is 32.2. The lowest BCUT2D eigenvalue weighted by Gasteiger charge is -2.33. The highest BCUT2D eigenvalue weighted by Crippen LogP contribution is 2.28. The summed E-state index contributed by atoms with van der Waals surface area (Å²) >= 11 is 1.11. The highest BCUT2D eigenvalue weighted by molar-refractivity contribution is 7.89. The lowest BCUT2D eigenvalue weighted by molar-refractivity contribution is 0.0702. The molecule has 1 aromatic heterocycles. The van der Waals surface area contributed by atoms with E-state index >= 15 is 0 Å². The fourth-order valence-corrected chi connectivity index (χ4v) is 5.60. The van der Waals surface area contributed by atoms with Gasteiger partial charge in [0.15, 0.2) is 0 Å². The Hall–Kier alpha value is -3.13. The van der Waals surface area contributed by atoms with Crippen LogP contribution in [0.3, 0.4) is 0 Å². The van der Waals surface area contributed by atoms with Gasteiger partial charge in [-0.2, -0.15) is 9.57 Å². The van der Waals surface area contributed by atoms with Crippen LogP contribution >= 0.6 is 11.3 Å². The molecular weight excluding hydrogens is 439 g/mol. The maximum Gasteiger partial charge on any atom is 0.265 e. The summed E-state index contributed by atoms with van der Waals surface area (Å²) in [5, 5.41) is 9.29. The van der Waals surface area contributed by atoms with E-state index < -0.39 is 15.8 Å². The van der Waals surface area contributed by atoms with Gasteiger partial charge in [0.2, 0.25) is 10.0 Å². The molecule has 2 heterocycles. The van der Waals surface area contributed by atoms with E-state index in [0.29, 0.717) is 21.0 Å². The van der Waals surface area contributed by atoms with Gasteiger partial charge in [0, 0.05) is 31.7 Å². The molecule has 1 amide bonds. The Morgan fingerprint density at radius 1 is 1.06 bits per heavy atom. The summed E-state index contributed by atoms with van der Waals surface area (Å²) in [6.07, 6.45) is 1.43. The van der Waals surface area contributed by atoms with Crippen LogP contribution < -0.4 is 0 Å². The third kappa shape index (κ3) is 4.20. The van der Waals surface area contributed by atoms with E-state index in [9.17, 15) is 17.6 Å². The third-order valence-corrected chi connectivity index (χ3v) is 7.90. The number of amides is 1. The number of nitrogens with zero attached hydrogens (tertiary/aromatic N) is 4. The van der Waals surface area contributed by atoms with Crippen LogP contribution in [0.4, 0.5) is 4.39 Å². The molecule has 31 heavy (non-hydrogen) atoms. The molecule has 1 fully saturated rings.